The van der Waals surface area contributed by atoms with Crippen molar-refractivity contribution in [2.24, 2.45) is 5.92 Å². The van der Waals surface area contributed by atoms with E-state index in [4.69, 9.17) is 0 Å². The predicted octanol–water partition coefficient (Wildman–Crippen LogP) is 3.22. The van der Waals surface area contributed by atoms with E-state index in [-0.39, 0.29) is 0 Å². The van der Waals surface area contributed by atoms with Crippen molar-refractivity contribution in [3.63, 3.8) is 0 Å². The molecule has 2 rings (SSSR count). The highest BCUT2D eigenvalue weighted by Crippen LogP contribution is 2.49. The van der Waals surface area contributed by atoms with Crippen LogP contribution in [0.5, 0.6) is 0 Å². The average Bonchev–Trinajstić information content (AvgIpc) is 2.78. The highest BCUT2D eigenvalue weighted by molar-refractivity contribution is 9.11. The molecule has 13 heavy (non-hydrogen) atoms. The highest BCUT2D eigenvalue weighted by Gasteiger charge is 2.38. The summed E-state index contributed by atoms with van der Waals surface area (Å²) >= 11 is 5.39. The molecule has 2 unspecified atom stereocenters. The minimum atomic E-state index is 0.843. The number of thiophene rings is 1. The first-order valence-corrected chi connectivity index (χ1v) is 6.38. The van der Waals surface area contributed by atoms with E-state index in [1.165, 1.54) is 16.8 Å². The molecule has 0 aromatic carbocycles. The Morgan fingerprint density at radius 1 is 1.62 bits per heavy atom. The third-order valence-corrected chi connectivity index (χ3v) is 4.29. The zero-order valence-electron chi connectivity index (χ0n) is 7.72. The monoisotopic (exact) mass is 259 g/mol. The Hall–Kier alpha value is 0.140. The van der Waals surface area contributed by atoms with Crippen LogP contribution < -0.4 is 5.32 Å². The lowest BCUT2D eigenvalue weighted by molar-refractivity contribution is 0.651. The average molecular weight is 260 g/mol. The van der Waals surface area contributed by atoms with Gasteiger partial charge in [-0.15, -0.1) is 11.3 Å². The fourth-order valence-corrected chi connectivity index (χ4v) is 3.31. The Morgan fingerprint density at radius 3 is 3.08 bits per heavy atom. The van der Waals surface area contributed by atoms with E-state index in [1.807, 2.05) is 11.3 Å². The van der Waals surface area contributed by atoms with Gasteiger partial charge in [-0.1, -0.05) is 6.92 Å². The molecule has 1 heterocycles. The van der Waals surface area contributed by atoms with Gasteiger partial charge in [-0.2, -0.15) is 0 Å². The molecule has 1 aliphatic rings. The topological polar surface area (TPSA) is 12.0 Å². The maximum atomic E-state index is 3.50. The second-order valence-electron chi connectivity index (χ2n) is 3.55. The van der Waals surface area contributed by atoms with Crippen LogP contribution in [-0.4, -0.2) is 13.1 Å². The van der Waals surface area contributed by atoms with Crippen LogP contribution in [0, 0.1) is 5.92 Å². The number of halogens is 1. The highest BCUT2D eigenvalue weighted by atomic mass is 79.9. The first-order valence-electron chi connectivity index (χ1n) is 4.77. The van der Waals surface area contributed by atoms with Crippen LogP contribution in [0.3, 0.4) is 0 Å². The third kappa shape index (κ3) is 2.33. The van der Waals surface area contributed by atoms with Gasteiger partial charge in [0.05, 0.1) is 3.79 Å². The summed E-state index contributed by atoms with van der Waals surface area (Å²) in [5.41, 5.74) is 0. The standard InChI is InChI=1S/C10H14BrNS/c1-2-12-6-7-5-8(7)9-3-4-10(11)13-9/h3-4,7-8,12H,2,5-6H2,1H3. The zero-order chi connectivity index (χ0) is 9.26. The summed E-state index contributed by atoms with van der Waals surface area (Å²) in [5, 5.41) is 3.41. The van der Waals surface area contributed by atoms with Crippen molar-refractivity contribution in [2.45, 2.75) is 19.3 Å². The van der Waals surface area contributed by atoms with Crippen molar-refractivity contribution in [2.75, 3.05) is 13.1 Å². The molecule has 0 aliphatic heterocycles. The van der Waals surface area contributed by atoms with Crippen LogP contribution in [0.15, 0.2) is 15.9 Å². The van der Waals surface area contributed by atoms with Gasteiger partial charge >= 0.3 is 0 Å². The number of nitrogens with one attached hydrogen (secondary N) is 1. The molecule has 0 bridgehead atoms. The molecule has 1 N–H and O–H groups in total. The molecule has 1 aromatic heterocycles. The van der Waals surface area contributed by atoms with Crippen LogP contribution in [0.1, 0.15) is 24.1 Å². The van der Waals surface area contributed by atoms with Crippen molar-refractivity contribution in [1.29, 1.82) is 0 Å². The smallest absolute Gasteiger partial charge is 0.0701 e. The number of hydrogen-bond acceptors (Lipinski definition) is 2. The lowest BCUT2D eigenvalue weighted by Gasteiger charge is -1.98. The van der Waals surface area contributed by atoms with Crippen molar-refractivity contribution >= 4 is 27.3 Å². The quantitative estimate of drug-likeness (QED) is 0.876. The molecule has 0 spiro atoms. The summed E-state index contributed by atoms with van der Waals surface area (Å²) in [6, 6.07) is 4.41. The van der Waals surface area contributed by atoms with E-state index in [2.05, 4.69) is 40.3 Å². The van der Waals surface area contributed by atoms with Crippen LogP contribution in [0.2, 0.25) is 0 Å². The Morgan fingerprint density at radius 2 is 2.46 bits per heavy atom. The number of hydrogen-bond donors (Lipinski definition) is 1. The minimum Gasteiger partial charge on any atom is -0.317 e. The normalized spacial score (nSPS) is 26.3. The van der Waals surface area contributed by atoms with E-state index in [0.29, 0.717) is 0 Å². The van der Waals surface area contributed by atoms with Crippen LogP contribution in [0.4, 0.5) is 0 Å². The van der Waals surface area contributed by atoms with E-state index < -0.39 is 0 Å². The maximum Gasteiger partial charge on any atom is 0.0701 e. The van der Waals surface area contributed by atoms with Crippen molar-refractivity contribution in [1.82, 2.24) is 5.32 Å². The first-order chi connectivity index (χ1) is 6.31. The van der Waals surface area contributed by atoms with Gasteiger partial charge < -0.3 is 5.32 Å². The molecular weight excluding hydrogens is 246 g/mol. The molecule has 1 nitrogen and oxygen atoms in total. The van der Waals surface area contributed by atoms with E-state index in [0.717, 1.165) is 18.4 Å². The summed E-state index contributed by atoms with van der Waals surface area (Å²) in [6.45, 7) is 4.45. The molecule has 3 heteroatoms. The predicted molar refractivity (Wildman–Crippen MR) is 61.4 cm³/mol. The largest absolute Gasteiger partial charge is 0.317 e. The molecule has 1 saturated carbocycles. The van der Waals surface area contributed by atoms with Gasteiger partial charge in [-0.05, 0) is 59.4 Å². The van der Waals surface area contributed by atoms with Crippen LogP contribution in [-0.2, 0) is 0 Å². The first kappa shape index (κ1) is 9.69. The van der Waals surface area contributed by atoms with Crippen LogP contribution >= 0.6 is 27.3 Å². The van der Waals surface area contributed by atoms with Gasteiger partial charge in [0.25, 0.3) is 0 Å². The Balaban J connectivity index is 1.85. The fourth-order valence-electron chi connectivity index (χ4n) is 1.68. The van der Waals surface area contributed by atoms with E-state index >= 15 is 0 Å². The molecular formula is C10H14BrNS. The molecule has 1 fully saturated rings. The molecule has 1 aliphatic carbocycles. The maximum absolute atomic E-state index is 3.50. The van der Waals surface area contributed by atoms with E-state index in [9.17, 15) is 0 Å². The van der Waals surface area contributed by atoms with Crippen molar-refractivity contribution in [3.8, 4) is 0 Å². The summed E-state index contributed by atoms with van der Waals surface area (Å²) in [7, 11) is 0. The van der Waals surface area contributed by atoms with Crippen molar-refractivity contribution in [3.05, 3.63) is 20.8 Å². The molecule has 72 valence electrons. The second kappa shape index (κ2) is 4.11. The minimum absolute atomic E-state index is 0.843. The van der Waals surface area contributed by atoms with Gasteiger partial charge in [0.15, 0.2) is 0 Å². The lowest BCUT2D eigenvalue weighted by Crippen LogP contribution is -2.15. The van der Waals surface area contributed by atoms with Gasteiger partial charge in [0, 0.05) is 4.88 Å². The summed E-state index contributed by atoms with van der Waals surface area (Å²) in [6.07, 6.45) is 1.37. The second-order valence-corrected chi connectivity index (χ2v) is 6.05. The molecule has 0 amide bonds. The Labute approximate surface area is 91.7 Å². The third-order valence-electron chi connectivity index (χ3n) is 2.54. The van der Waals surface area contributed by atoms with E-state index in [1.54, 1.807) is 4.88 Å². The molecule has 0 radical (unpaired) electrons. The van der Waals surface area contributed by atoms with Gasteiger partial charge in [0.1, 0.15) is 0 Å². The molecule has 2 atom stereocenters. The lowest BCUT2D eigenvalue weighted by atomic mass is 10.2. The molecule has 1 aromatic rings. The Bertz CT molecular complexity index is 284. The summed E-state index contributed by atoms with van der Waals surface area (Å²) < 4.78 is 1.26. The van der Waals surface area contributed by atoms with Gasteiger partial charge in [0.2, 0.25) is 0 Å². The van der Waals surface area contributed by atoms with Gasteiger partial charge in [-0.3, -0.25) is 0 Å². The zero-order valence-corrected chi connectivity index (χ0v) is 10.1. The SMILES string of the molecule is CCNCC1CC1c1ccc(Br)s1. The van der Waals surface area contributed by atoms with Gasteiger partial charge in [-0.25, -0.2) is 0 Å². The fraction of sp³-hybridized carbons (Fsp3) is 0.600. The summed E-state index contributed by atoms with van der Waals surface area (Å²) in [5.74, 6) is 1.74. The number of rotatable bonds is 4. The van der Waals surface area contributed by atoms with Crippen LogP contribution in [0.25, 0.3) is 0 Å². The Kier molecular flexibility index (Phi) is 3.06. The summed E-state index contributed by atoms with van der Waals surface area (Å²) in [4.78, 5) is 1.55. The van der Waals surface area contributed by atoms with Crippen molar-refractivity contribution < 1.29 is 0 Å². The molecule has 0 saturated heterocycles.